The van der Waals surface area contributed by atoms with Crippen LogP contribution in [0.25, 0.3) is 22.2 Å². The first kappa shape index (κ1) is 22.1. The lowest BCUT2D eigenvalue weighted by atomic mass is 9.92. The van der Waals surface area contributed by atoms with E-state index < -0.39 is 11.9 Å². The van der Waals surface area contributed by atoms with E-state index in [2.05, 4.69) is 4.98 Å². The number of carbonyl (C=O) groups is 2. The van der Waals surface area contributed by atoms with Gasteiger partial charge in [0.2, 0.25) is 0 Å². The highest BCUT2D eigenvalue weighted by Crippen LogP contribution is 2.32. The predicted molar refractivity (Wildman–Crippen MR) is 127 cm³/mol. The molecular formula is C26H24N4O3. The van der Waals surface area contributed by atoms with Gasteiger partial charge < -0.3 is 15.1 Å². The standard InChI is InChI=1S/C26H24N4O3/c1-16(27)25(17(2)31)20-12-23-26(29-13-20)22(15-30(23)14-21-5-3-4-10-28-21)19-8-6-18(7-9-19)11-24(32)33/h3-10,12-13,15,25,27H,11,14H2,1-2H3,(H,32,33). The molecule has 4 rings (SSSR count). The summed E-state index contributed by atoms with van der Waals surface area (Å²) in [5, 5.41) is 17.1. The Morgan fingerprint density at radius 1 is 1.09 bits per heavy atom. The second kappa shape index (κ2) is 9.16. The van der Waals surface area contributed by atoms with Gasteiger partial charge in [-0.25, -0.2) is 0 Å². The number of hydrogen-bond acceptors (Lipinski definition) is 5. The molecule has 2 N–H and O–H groups in total. The zero-order valence-electron chi connectivity index (χ0n) is 18.4. The Hall–Kier alpha value is -4.13. The van der Waals surface area contributed by atoms with Gasteiger partial charge in [0, 0.05) is 29.9 Å². The molecule has 33 heavy (non-hydrogen) atoms. The second-order valence-corrected chi connectivity index (χ2v) is 8.12. The van der Waals surface area contributed by atoms with E-state index in [0.29, 0.717) is 12.1 Å². The fraction of sp³-hybridized carbons (Fsp3) is 0.192. The number of carboxylic acid groups (broad SMARTS) is 1. The first-order valence-electron chi connectivity index (χ1n) is 10.6. The van der Waals surface area contributed by atoms with E-state index in [4.69, 9.17) is 15.5 Å². The molecule has 0 saturated heterocycles. The lowest BCUT2D eigenvalue weighted by molar-refractivity contribution is -0.136. The number of aliphatic carboxylic acids is 1. The molecule has 0 radical (unpaired) electrons. The smallest absolute Gasteiger partial charge is 0.307 e. The van der Waals surface area contributed by atoms with Crippen LogP contribution in [0.3, 0.4) is 0 Å². The summed E-state index contributed by atoms with van der Waals surface area (Å²) in [6.07, 6.45) is 5.39. The minimum absolute atomic E-state index is 0.0290. The van der Waals surface area contributed by atoms with Crippen LogP contribution in [-0.4, -0.2) is 37.1 Å². The van der Waals surface area contributed by atoms with Gasteiger partial charge in [-0.2, -0.15) is 0 Å². The summed E-state index contributed by atoms with van der Waals surface area (Å²) in [6, 6.07) is 15.1. The molecule has 0 fully saturated rings. The maximum atomic E-state index is 12.2. The van der Waals surface area contributed by atoms with Gasteiger partial charge >= 0.3 is 5.97 Å². The fourth-order valence-electron chi connectivity index (χ4n) is 4.11. The molecule has 1 aromatic carbocycles. The highest BCUT2D eigenvalue weighted by molar-refractivity contribution is 6.07. The lowest BCUT2D eigenvalue weighted by Crippen LogP contribution is -2.17. The minimum Gasteiger partial charge on any atom is -0.481 e. The van der Waals surface area contributed by atoms with Crippen molar-refractivity contribution in [2.24, 2.45) is 0 Å². The molecule has 1 unspecified atom stereocenters. The maximum Gasteiger partial charge on any atom is 0.307 e. The third-order valence-electron chi connectivity index (χ3n) is 5.59. The summed E-state index contributed by atoms with van der Waals surface area (Å²) in [5.41, 5.74) is 6.01. The summed E-state index contributed by atoms with van der Waals surface area (Å²) in [5.74, 6) is -1.59. The molecule has 0 aliphatic rings. The number of carbonyl (C=O) groups excluding carboxylic acids is 1. The van der Waals surface area contributed by atoms with E-state index in [9.17, 15) is 9.59 Å². The van der Waals surface area contributed by atoms with E-state index in [1.54, 1.807) is 19.3 Å². The molecule has 3 aromatic heterocycles. The number of aromatic nitrogens is 3. The van der Waals surface area contributed by atoms with Crippen LogP contribution in [0, 0.1) is 5.41 Å². The zero-order valence-corrected chi connectivity index (χ0v) is 18.4. The Balaban J connectivity index is 1.84. The molecule has 0 spiro atoms. The Morgan fingerprint density at radius 3 is 2.45 bits per heavy atom. The maximum absolute atomic E-state index is 12.2. The first-order valence-corrected chi connectivity index (χ1v) is 10.6. The van der Waals surface area contributed by atoms with Crippen LogP contribution in [0.15, 0.2) is 67.1 Å². The number of carboxylic acids is 1. The van der Waals surface area contributed by atoms with Gasteiger partial charge in [0.1, 0.15) is 5.78 Å². The molecule has 7 heteroatoms. The molecule has 0 aliphatic carbocycles. The highest BCUT2D eigenvalue weighted by Gasteiger charge is 2.22. The molecule has 0 amide bonds. The third-order valence-corrected chi connectivity index (χ3v) is 5.59. The van der Waals surface area contributed by atoms with E-state index in [1.807, 2.05) is 59.3 Å². The van der Waals surface area contributed by atoms with Crippen molar-refractivity contribution in [3.8, 4) is 11.1 Å². The number of rotatable bonds is 8. The van der Waals surface area contributed by atoms with Gasteiger partial charge in [-0.1, -0.05) is 30.3 Å². The van der Waals surface area contributed by atoms with Crippen LogP contribution in [0.2, 0.25) is 0 Å². The van der Waals surface area contributed by atoms with Crippen molar-refractivity contribution in [1.29, 1.82) is 5.41 Å². The van der Waals surface area contributed by atoms with Crippen molar-refractivity contribution in [2.45, 2.75) is 32.7 Å². The average Bonchev–Trinajstić information content (AvgIpc) is 3.12. The summed E-state index contributed by atoms with van der Waals surface area (Å²) < 4.78 is 2.05. The summed E-state index contributed by atoms with van der Waals surface area (Å²) in [7, 11) is 0. The third kappa shape index (κ3) is 4.72. The van der Waals surface area contributed by atoms with Crippen LogP contribution >= 0.6 is 0 Å². The molecule has 166 valence electrons. The van der Waals surface area contributed by atoms with Crippen molar-refractivity contribution < 1.29 is 14.7 Å². The van der Waals surface area contributed by atoms with Crippen LogP contribution in [0.1, 0.15) is 36.6 Å². The van der Waals surface area contributed by atoms with Gasteiger partial charge in [0.05, 0.1) is 35.6 Å². The second-order valence-electron chi connectivity index (χ2n) is 8.12. The molecule has 1 atom stereocenters. The average molecular weight is 441 g/mol. The van der Waals surface area contributed by atoms with Crippen molar-refractivity contribution >= 4 is 28.5 Å². The lowest BCUT2D eigenvalue weighted by Gasteiger charge is -2.13. The number of fused-ring (bicyclic) bond motifs is 1. The summed E-state index contributed by atoms with van der Waals surface area (Å²) in [4.78, 5) is 32.3. The number of nitrogens with one attached hydrogen (secondary N) is 1. The van der Waals surface area contributed by atoms with Crippen LogP contribution < -0.4 is 0 Å². The monoisotopic (exact) mass is 440 g/mol. The Morgan fingerprint density at radius 2 is 1.85 bits per heavy atom. The topological polar surface area (TPSA) is 109 Å². The Bertz CT molecular complexity index is 1330. The number of ketones is 1. The quantitative estimate of drug-likeness (QED) is 0.393. The number of benzene rings is 1. The van der Waals surface area contributed by atoms with Gasteiger partial charge in [-0.3, -0.25) is 19.6 Å². The molecule has 3 heterocycles. The van der Waals surface area contributed by atoms with Gasteiger partial charge in [0.15, 0.2) is 0 Å². The van der Waals surface area contributed by atoms with E-state index in [0.717, 1.165) is 33.4 Å². The van der Waals surface area contributed by atoms with Crippen molar-refractivity contribution in [1.82, 2.24) is 14.5 Å². The van der Waals surface area contributed by atoms with Gasteiger partial charge in [0.25, 0.3) is 0 Å². The molecule has 4 aromatic rings. The largest absolute Gasteiger partial charge is 0.481 e. The zero-order chi connectivity index (χ0) is 23.5. The minimum atomic E-state index is -0.870. The molecule has 0 aliphatic heterocycles. The number of pyridine rings is 2. The molecule has 7 nitrogen and oxygen atoms in total. The van der Waals surface area contributed by atoms with E-state index in [-0.39, 0.29) is 17.9 Å². The first-order chi connectivity index (χ1) is 15.8. The molecule has 0 saturated carbocycles. The number of Topliss-reactive ketones (excluding diaryl/α,β-unsaturated/α-hetero) is 1. The van der Waals surface area contributed by atoms with E-state index >= 15 is 0 Å². The number of nitrogens with zero attached hydrogens (tertiary/aromatic N) is 3. The van der Waals surface area contributed by atoms with Gasteiger partial charge in [-0.15, -0.1) is 0 Å². The molecular weight excluding hydrogens is 416 g/mol. The van der Waals surface area contributed by atoms with E-state index in [1.165, 1.54) is 6.92 Å². The van der Waals surface area contributed by atoms with Crippen LogP contribution in [0.4, 0.5) is 0 Å². The number of hydrogen-bond donors (Lipinski definition) is 2. The summed E-state index contributed by atoms with van der Waals surface area (Å²) >= 11 is 0. The van der Waals surface area contributed by atoms with Crippen LogP contribution in [-0.2, 0) is 22.6 Å². The summed E-state index contributed by atoms with van der Waals surface area (Å²) in [6.45, 7) is 3.64. The Labute approximate surface area is 191 Å². The predicted octanol–water partition coefficient (Wildman–Crippen LogP) is 4.49. The van der Waals surface area contributed by atoms with Crippen molar-refractivity contribution in [3.63, 3.8) is 0 Å². The highest BCUT2D eigenvalue weighted by atomic mass is 16.4. The SMILES string of the molecule is CC(=N)C(C(C)=O)c1cnc2c(-c3ccc(CC(=O)O)cc3)cn(Cc3ccccn3)c2c1. The fourth-order valence-corrected chi connectivity index (χ4v) is 4.11. The van der Waals surface area contributed by atoms with Crippen LogP contribution in [0.5, 0.6) is 0 Å². The van der Waals surface area contributed by atoms with Gasteiger partial charge in [-0.05, 0) is 48.7 Å². The van der Waals surface area contributed by atoms with Crippen molar-refractivity contribution in [2.75, 3.05) is 0 Å². The molecule has 0 bridgehead atoms. The van der Waals surface area contributed by atoms with Crippen molar-refractivity contribution in [3.05, 3.63) is 83.9 Å². The Kier molecular flexibility index (Phi) is 6.13. The normalized spacial score (nSPS) is 11.9.